The molecule has 1 aromatic carbocycles. The minimum atomic E-state index is -0.706. The van der Waals surface area contributed by atoms with Crippen molar-refractivity contribution in [1.82, 2.24) is 5.32 Å². The first-order chi connectivity index (χ1) is 7.70. The summed E-state index contributed by atoms with van der Waals surface area (Å²) in [5.74, 6) is -0.849. The van der Waals surface area contributed by atoms with E-state index >= 15 is 0 Å². The summed E-state index contributed by atoms with van der Waals surface area (Å²) in [6, 6.07) is 7.78. The molecule has 0 aliphatic carbocycles. The number of aryl methyl sites for hydroxylation is 1. The van der Waals surface area contributed by atoms with Crippen LogP contribution >= 0.6 is 0 Å². The number of benzene rings is 1. The molecule has 1 aliphatic heterocycles. The van der Waals surface area contributed by atoms with Crippen molar-refractivity contribution >= 4 is 5.97 Å². The Morgan fingerprint density at radius 3 is 2.81 bits per heavy atom. The highest BCUT2D eigenvalue weighted by molar-refractivity contribution is 5.77. The van der Waals surface area contributed by atoms with Gasteiger partial charge in [0.25, 0.3) is 0 Å². The van der Waals surface area contributed by atoms with E-state index in [4.69, 9.17) is 0 Å². The largest absolute Gasteiger partial charge is 0.481 e. The van der Waals surface area contributed by atoms with Crippen LogP contribution in [0.4, 0.5) is 0 Å². The third-order valence-electron chi connectivity index (χ3n) is 3.36. The number of carboxylic acid groups (broad SMARTS) is 1. The summed E-state index contributed by atoms with van der Waals surface area (Å²) < 4.78 is 0. The third kappa shape index (κ3) is 2.09. The molecule has 1 heterocycles. The van der Waals surface area contributed by atoms with E-state index in [1.54, 1.807) is 0 Å². The van der Waals surface area contributed by atoms with Gasteiger partial charge in [0.2, 0.25) is 0 Å². The molecule has 3 nitrogen and oxygen atoms in total. The van der Waals surface area contributed by atoms with Crippen molar-refractivity contribution in [1.29, 1.82) is 0 Å². The maximum absolute atomic E-state index is 11.4. The van der Waals surface area contributed by atoms with Gasteiger partial charge in [0.05, 0.1) is 5.92 Å². The Bertz CT molecular complexity index is 383. The smallest absolute Gasteiger partial charge is 0.311 e. The first-order valence-corrected chi connectivity index (χ1v) is 5.69. The molecule has 1 aliphatic rings. The lowest BCUT2D eigenvalue weighted by Gasteiger charge is -2.20. The Kier molecular flexibility index (Phi) is 3.25. The zero-order valence-corrected chi connectivity index (χ0v) is 9.44. The van der Waals surface area contributed by atoms with E-state index in [-0.39, 0.29) is 11.8 Å². The molecule has 0 bridgehead atoms. The second-order valence-corrected chi connectivity index (χ2v) is 4.43. The topological polar surface area (TPSA) is 49.3 Å². The van der Waals surface area contributed by atoms with Crippen molar-refractivity contribution < 1.29 is 9.90 Å². The van der Waals surface area contributed by atoms with E-state index in [0.717, 1.165) is 30.6 Å². The Balaban J connectivity index is 2.32. The van der Waals surface area contributed by atoms with Gasteiger partial charge in [-0.15, -0.1) is 0 Å². The fourth-order valence-electron chi connectivity index (χ4n) is 2.49. The Hall–Kier alpha value is -1.35. The summed E-state index contributed by atoms with van der Waals surface area (Å²) in [4.78, 5) is 11.4. The van der Waals surface area contributed by atoms with Gasteiger partial charge in [0.1, 0.15) is 0 Å². The molecule has 0 radical (unpaired) electrons. The highest BCUT2D eigenvalue weighted by Gasteiger charge is 2.32. The van der Waals surface area contributed by atoms with Gasteiger partial charge in [-0.25, -0.2) is 0 Å². The van der Waals surface area contributed by atoms with Gasteiger partial charge in [0.15, 0.2) is 0 Å². The lowest BCUT2D eigenvalue weighted by molar-refractivity contribution is -0.140. The summed E-state index contributed by atoms with van der Waals surface area (Å²) in [5, 5.41) is 12.6. The van der Waals surface area contributed by atoms with Gasteiger partial charge < -0.3 is 10.4 Å². The lowest BCUT2D eigenvalue weighted by atomic mass is 9.83. The van der Waals surface area contributed by atoms with Gasteiger partial charge in [-0.1, -0.05) is 24.3 Å². The number of rotatable bonds is 3. The van der Waals surface area contributed by atoms with Crippen LogP contribution in [0, 0.1) is 12.8 Å². The second kappa shape index (κ2) is 4.66. The lowest BCUT2D eigenvalue weighted by Crippen LogP contribution is -2.24. The molecule has 3 heteroatoms. The van der Waals surface area contributed by atoms with Crippen molar-refractivity contribution in [3.8, 4) is 0 Å². The monoisotopic (exact) mass is 219 g/mol. The maximum atomic E-state index is 11.4. The molecule has 2 N–H and O–H groups in total. The zero-order chi connectivity index (χ0) is 11.5. The number of aliphatic carboxylic acids is 1. The normalized spacial score (nSPS) is 21.9. The van der Waals surface area contributed by atoms with E-state index in [1.165, 1.54) is 0 Å². The minimum Gasteiger partial charge on any atom is -0.481 e. The van der Waals surface area contributed by atoms with Crippen molar-refractivity contribution in [3.05, 3.63) is 35.4 Å². The molecule has 2 atom stereocenters. The van der Waals surface area contributed by atoms with Crippen LogP contribution < -0.4 is 5.32 Å². The average molecular weight is 219 g/mol. The van der Waals surface area contributed by atoms with Crippen molar-refractivity contribution in [2.75, 3.05) is 13.1 Å². The maximum Gasteiger partial charge on any atom is 0.311 e. The molecular weight excluding hydrogens is 202 g/mol. The Morgan fingerprint density at radius 1 is 1.50 bits per heavy atom. The molecule has 0 spiro atoms. The van der Waals surface area contributed by atoms with E-state index in [0.29, 0.717) is 0 Å². The van der Waals surface area contributed by atoms with Crippen LogP contribution in [0.25, 0.3) is 0 Å². The molecule has 0 aromatic heterocycles. The van der Waals surface area contributed by atoms with Crippen LogP contribution in [0.15, 0.2) is 24.3 Å². The van der Waals surface area contributed by atoms with Crippen LogP contribution in [-0.2, 0) is 4.79 Å². The summed E-state index contributed by atoms with van der Waals surface area (Å²) in [6.45, 7) is 3.72. The molecule has 1 aromatic rings. The number of hydrogen-bond donors (Lipinski definition) is 2. The molecular formula is C13H17NO2. The number of carboxylic acids is 1. The number of nitrogens with one attached hydrogen (secondary N) is 1. The predicted octanol–water partition coefficient (Wildman–Crippen LogP) is 1.77. The molecule has 86 valence electrons. The first kappa shape index (κ1) is 11.1. The van der Waals surface area contributed by atoms with E-state index in [9.17, 15) is 9.90 Å². The highest BCUT2D eigenvalue weighted by Crippen LogP contribution is 2.31. The van der Waals surface area contributed by atoms with Crippen LogP contribution in [0.1, 0.15) is 23.5 Å². The van der Waals surface area contributed by atoms with Crippen molar-refractivity contribution in [2.45, 2.75) is 19.3 Å². The summed E-state index contributed by atoms with van der Waals surface area (Å²) >= 11 is 0. The predicted molar refractivity (Wildman–Crippen MR) is 62.5 cm³/mol. The van der Waals surface area contributed by atoms with Gasteiger partial charge in [-0.3, -0.25) is 4.79 Å². The number of hydrogen-bond acceptors (Lipinski definition) is 2. The molecule has 0 amide bonds. The third-order valence-corrected chi connectivity index (χ3v) is 3.36. The fraction of sp³-hybridized carbons (Fsp3) is 0.462. The van der Waals surface area contributed by atoms with Gasteiger partial charge in [0, 0.05) is 0 Å². The van der Waals surface area contributed by atoms with E-state index < -0.39 is 5.97 Å². The fourth-order valence-corrected chi connectivity index (χ4v) is 2.49. The summed E-state index contributed by atoms with van der Waals surface area (Å²) in [5.41, 5.74) is 2.03. The highest BCUT2D eigenvalue weighted by atomic mass is 16.4. The standard InChI is InChI=1S/C13H17NO2/c1-9-4-2-3-5-11(9)12(13(15)16)10-6-7-14-8-10/h2-5,10,12,14H,6-8H2,1H3,(H,15,16). The molecule has 1 saturated heterocycles. The van der Waals surface area contributed by atoms with Crippen LogP contribution in [-0.4, -0.2) is 24.2 Å². The van der Waals surface area contributed by atoms with Crippen LogP contribution in [0.2, 0.25) is 0 Å². The van der Waals surface area contributed by atoms with Crippen LogP contribution in [0.5, 0.6) is 0 Å². The number of carbonyl (C=O) groups is 1. The van der Waals surface area contributed by atoms with E-state index in [2.05, 4.69) is 5.32 Å². The second-order valence-electron chi connectivity index (χ2n) is 4.43. The average Bonchev–Trinajstić information content (AvgIpc) is 2.74. The molecule has 0 saturated carbocycles. The van der Waals surface area contributed by atoms with Gasteiger partial charge in [-0.2, -0.15) is 0 Å². The Morgan fingerprint density at radius 2 is 2.25 bits per heavy atom. The van der Waals surface area contributed by atoms with Crippen molar-refractivity contribution in [3.63, 3.8) is 0 Å². The minimum absolute atomic E-state index is 0.221. The molecule has 16 heavy (non-hydrogen) atoms. The summed E-state index contributed by atoms with van der Waals surface area (Å²) in [7, 11) is 0. The molecule has 1 fully saturated rings. The summed E-state index contributed by atoms with van der Waals surface area (Å²) in [6.07, 6.45) is 0.950. The first-order valence-electron chi connectivity index (χ1n) is 5.69. The quantitative estimate of drug-likeness (QED) is 0.814. The van der Waals surface area contributed by atoms with Gasteiger partial charge in [-0.05, 0) is 43.5 Å². The zero-order valence-electron chi connectivity index (χ0n) is 9.44. The van der Waals surface area contributed by atoms with Crippen molar-refractivity contribution in [2.24, 2.45) is 5.92 Å². The SMILES string of the molecule is Cc1ccccc1C(C(=O)O)C1CCNC1. The van der Waals surface area contributed by atoms with Gasteiger partial charge >= 0.3 is 5.97 Å². The van der Waals surface area contributed by atoms with Crippen LogP contribution in [0.3, 0.4) is 0 Å². The molecule has 2 rings (SSSR count). The Labute approximate surface area is 95.5 Å². The molecule has 2 unspecified atom stereocenters. The van der Waals surface area contributed by atoms with E-state index in [1.807, 2.05) is 31.2 Å².